The summed E-state index contributed by atoms with van der Waals surface area (Å²) < 4.78 is 40.2. The number of aromatic nitrogens is 3. The number of hydrogen-bond donors (Lipinski definition) is 2. The average Bonchev–Trinajstić information content (AvgIpc) is 3.18. The van der Waals surface area contributed by atoms with Crippen LogP contribution in [0.3, 0.4) is 0 Å². The molecule has 3 aromatic rings. The number of amides is 2. The van der Waals surface area contributed by atoms with Crippen LogP contribution in [0.4, 0.5) is 18.9 Å². The molecular formula is C21H19ClF3N5O2S. The number of nitrogens with one attached hydrogen (secondary N) is 2. The normalized spacial score (nSPS) is 11.3. The highest BCUT2D eigenvalue weighted by atomic mass is 35.5. The first-order valence-electron chi connectivity index (χ1n) is 9.73. The number of benzene rings is 2. The van der Waals surface area contributed by atoms with Gasteiger partial charge in [-0.15, -0.1) is 10.2 Å². The number of carbonyl (C=O) groups is 2. The SMILES string of the molecule is CCn1c(CNC(=O)c2ccc(Cl)cc2)nnc1SCC(=O)Nc1cccc(C(F)(F)F)c1. The molecule has 2 amide bonds. The van der Waals surface area contributed by atoms with Crippen molar-refractivity contribution in [3.05, 3.63) is 70.5 Å². The lowest BCUT2D eigenvalue weighted by atomic mass is 10.2. The first-order chi connectivity index (χ1) is 15.7. The number of nitrogens with zero attached hydrogens (tertiary/aromatic N) is 3. The van der Waals surface area contributed by atoms with Crippen LogP contribution in [0.2, 0.25) is 5.02 Å². The maximum atomic E-state index is 12.8. The molecule has 0 aliphatic heterocycles. The number of hydrogen-bond acceptors (Lipinski definition) is 5. The molecule has 0 bridgehead atoms. The summed E-state index contributed by atoms with van der Waals surface area (Å²) in [5, 5.41) is 14.3. The summed E-state index contributed by atoms with van der Waals surface area (Å²) in [7, 11) is 0. The molecule has 0 aliphatic rings. The van der Waals surface area contributed by atoms with E-state index in [4.69, 9.17) is 11.6 Å². The minimum Gasteiger partial charge on any atom is -0.345 e. The highest BCUT2D eigenvalue weighted by Crippen LogP contribution is 2.30. The average molecular weight is 498 g/mol. The highest BCUT2D eigenvalue weighted by Gasteiger charge is 2.30. The lowest BCUT2D eigenvalue weighted by Crippen LogP contribution is -2.24. The van der Waals surface area contributed by atoms with Crippen LogP contribution in [0.1, 0.15) is 28.7 Å². The third kappa shape index (κ3) is 6.72. The quantitative estimate of drug-likeness (QED) is 0.443. The Morgan fingerprint density at radius 3 is 2.52 bits per heavy atom. The van der Waals surface area contributed by atoms with Crippen LogP contribution in [0.25, 0.3) is 0 Å². The molecule has 0 radical (unpaired) electrons. The number of anilines is 1. The van der Waals surface area contributed by atoms with Crippen LogP contribution in [0.15, 0.2) is 53.7 Å². The van der Waals surface area contributed by atoms with Crippen molar-refractivity contribution in [2.24, 2.45) is 0 Å². The smallest absolute Gasteiger partial charge is 0.345 e. The van der Waals surface area contributed by atoms with Gasteiger partial charge in [0, 0.05) is 22.8 Å². The summed E-state index contributed by atoms with van der Waals surface area (Å²) in [5.74, 6) is -0.360. The van der Waals surface area contributed by atoms with Gasteiger partial charge in [0.2, 0.25) is 5.91 Å². The first kappa shape index (κ1) is 24.6. The van der Waals surface area contributed by atoms with Crippen molar-refractivity contribution in [1.29, 1.82) is 0 Å². The van der Waals surface area contributed by atoms with Crippen molar-refractivity contribution in [1.82, 2.24) is 20.1 Å². The fourth-order valence-electron chi connectivity index (χ4n) is 2.84. The highest BCUT2D eigenvalue weighted by molar-refractivity contribution is 7.99. The van der Waals surface area contributed by atoms with Gasteiger partial charge in [0.05, 0.1) is 17.9 Å². The van der Waals surface area contributed by atoms with Crippen LogP contribution in [-0.4, -0.2) is 32.3 Å². The van der Waals surface area contributed by atoms with Gasteiger partial charge in [-0.3, -0.25) is 9.59 Å². The number of thioether (sulfide) groups is 1. The van der Waals surface area contributed by atoms with Crippen LogP contribution in [0.5, 0.6) is 0 Å². The fourth-order valence-corrected chi connectivity index (χ4v) is 3.78. The van der Waals surface area contributed by atoms with Crippen molar-refractivity contribution in [2.75, 3.05) is 11.1 Å². The number of rotatable bonds is 8. The molecule has 0 unspecified atom stereocenters. The molecule has 3 rings (SSSR count). The Bertz CT molecular complexity index is 1140. The van der Waals surface area contributed by atoms with Gasteiger partial charge in [-0.05, 0) is 49.4 Å². The maximum Gasteiger partial charge on any atom is 0.416 e. The summed E-state index contributed by atoms with van der Waals surface area (Å²) in [5.41, 5.74) is -0.343. The Kier molecular flexibility index (Phi) is 7.98. The Labute approximate surface area is 196 Å². The monoisotopic (exact) mass is 497 g/mol. The number of alkyl halides is 3. The maximum absolute atomic E-state index is 12.8. The van der Waals surface area contributed by atoms with Crippen LogP contribution in [0, 0.1) is 0 Å². The minimum absolute atomic E-state index is 0.0537. The molecule has 1 aromatic heterocycles. The van der Waals surface area contributed by atoms with Crippen LogP contribution in [-0.2, 0) is 24.1 Å². The summed E-state index contributed by atoms with van der Waals surface area (Å²) >= 11 is 6.91. The van der Waals surface area contributed by atoms with Gasteiger partial charge in [0.15, 0.2) is 11.0 Å². The second-order valence-corrected chi connectivity index (χ2v) is 8.13. The van der Waals surface area contributed by atoms with Crippen LogP contribution < -0.4 is 10.6 Å². The number of halogens is 4. The van der Waals surface area contributed by atoms with Crippen molar-refractivity contribution < 1.29 is 22.8 Å². The Morgan fingerprint density at radius 2 is 1.85 bits per heavy atom. The minimum atomic E-state index is -4.49. The second-order valence-electron chi connectivity index (χ2n) is 6.75. The van der Waals surface area contributed by atoms with Crippen molar-refractivity contribution in [3.63, 3.8) is 0 Å². The zero-order valence-electron chi connectivity index (χ0n) is 17.3. The third-order valence-electron chi connectivity index (χ3n) is 4.43. The van der Waals surface area contributed by atoms with E-state index in [2.05, 4.69) is 20.8 Å². The molecule has 12 heteroatoms. The van der Waals surface area contributed by atoms with E-state index in [0.717, 1.165) is 23.9 Å². The lowest BCUT2D eigenvalue weighted by molar-refractivity contribution is -0.137. The largest absolute Gasteiger partial charge is 0.416 e. The molecule has 0 atom stereocenters. The van der Waals surface area contributed by atoms with Crippen molar-refractivity contribution >= 4 is 40.9 Å². The van der Waals surface area contributed by atoms with Crippen LogP contribution >= 0.6 is 23.4 Å². The van der Waals surface area contributed by atoms with Gasteiger partial charge in [-0.25, -0.2) is 0 Å². The molecule has 7 nitrogen and oxygen atoms in total. The standard InChI is InChI=1S/C21H19ClF3N5O2S/c1-2-30-17(11-26-19(32)13-6-8-15(22)9-7-13)28-29-20(30)33-12-18(31)27-16-5-3-4-14(10-16)21(23,24)25/h3-10H,2,11-12H2,1H3,(H,26,32)(H,27,31). The summed E-state index contributed by atoms with van der Waals surface area (Å²) in [4.78, 5) is 24.5. The zero-order valence-corrected chi connectivity index (χ0v) is 18.9. The van der Waals surface area contributed by atoms with Crippen molar-refractivity contribution in [3.8, 4) is 0 Å². The predicted molar refractivity (Wildman–Crippen MR) is 119 cm³/mol. The van der Waals surface area contributed by atoms with E-state index < -0.39 is 17.6 Å². The molecule has 0 saturated carbocycles. The predicted octanol–water partition coefficient (Wildman–Crippen LogP) is 4.63. The molecular weight excluding hydrogens is 479 g/mol. The van der Waals surface area contributed by atoms with E-state index in [-0.39, 0.29) is 23.9 Å². The molecule has 2 N–H and O–H groups in total. The van der Waals surface area contributed by atoms with E-state index in [1.807, 2.05) is 6.92 Å². The van der Waals surface area contributed by atoms with Gasteiger partial charge in [-0.1, -0.05) is 29.4 Å². The van der Waals surface area contributed by atoms with E-state index in [0.29, 0.717) is 28.1 Å². The molecule has 174 valence electrons. The molecule has 0 aliphatic carbocycles. The van der Waals surface area contributed by atoms with Gasteiger partial charge in [-0.2, -0.15) is 13.2 Å². The van der Waals surface area contributed by atoms with E-state index >= 15 is 0 Å². The third-order valence-corrected chi connectivity index (χ3v) is 5.65. The van der Waals surface area contributed by atoms with Gasteiger partial charge in [0.1, 0.15) is 0 Å². The molecule has 33 heavy (non-hydrogen) atoms. The van der Waals surface area contributed by atoms with E-state index in [9.17, 15) is 22.8 Å². The Morgan fingerprint density at radius 1 is 1.12 bits per heavy atom. The number of carbonyl (C=O) groups excluding carboxylic acids is 2. The summed E-state index contributed by atoms with van der Waals surface area (Å²) in [6, 6.07) is 10.9. The second kappa shape index (κ2) is 10.7. The van der Waals surface area contributed by atoms with Gasteiger partial charge >= 0.3 is 6.18 Å². The van der Waals surface area contributed by atoms with E-state index in [1.165, 1.54) is 12.1 Å². The van der Waals surface area contributed by atoms with Gasteiger partial charge in [0.25, 0.3) is 5.91 Å². The summed E-state index contributed by atoms with van der Waals surface area (Å²) in [6.07, 6.45) is -4.49. The summed E-state index contributed by atoms with van der Waals surface area (Å²) in [6.45, 7) is 2.48. The van der Waals surface area contributed by atoms with Gasteiger partial charge < -0.3 is 15.2 Å². The first-order valence-corrected chi connectivity index (χ1v) is 11.1. The Hall–Kier alpha value is -3.05. The molecule has 0 fully saturated rings. The molecule has 1 heterocycles. The Balaban J connectivity index is 1.57. The zero-order chi connectivity index (χ0) is 24.0. The molecule has 0 saturated heterocycles. The topological polar surface area (TPSA) is 88.9 Å². The fraction of sp³-hybridized carbons (Fsp3) is 0.238. The van der Waals surface area contributed by atoms with E-state index in [1.54, 1.807) is 28.8 Å². The molecule has 0 spiro atoms. The van der Waals surface area contributed by atoms with Crippen molar-refractivity contribution in [2.45, 2.75) is 31.3 Å². The lowest BCUT2D eigenvalue weighted by Gasteiger charge is -2.10. The molecule has 2 aromatic carbocycles.